The lowest BCUT2D eigenvalue weighted by molar-refractivity contribution is 0.172. The van der Waals surface area contributed by atoms with E-state index in [2.05, 4.69) is 5.32 Å². The quantitative estimate of drug-likeness (QED) is 0.811. The van der Waals surface area contributed by atoms with Crippen LogP contribution in [0.2, 0.25) is 5.02 Å². The van der Waals surface area contributed by atoms with Crippen molar-refractivity contribution in [2.24, 2.45) is 0 Å². The van der Waals surface area contributed by atoms with E-state index < -0.39 is 0 Å². The van der Waals surface area contributed by atoms with Gasteiger partial charge in [0.1, 0.15) is 0 Å². The molecule has 0 bridgehead atoms. The Morgan fingerprint density at radius 1 is 1.40 bits per heavy atom. The number of aliphatic hydroxyl groups excluding tert-OH is 1. The zero-order chi connectivity index (χ0) is 10.8. The summed E-state index contributed by atoms with van der Waals surface area (Å²) in [6.45, 7) is 1.98. The fourth-order valence-corrected chi connectivity index (χ4v) is 2.19. The van der Waals surface area contributed by atoms with Crippen LogP contribution in [-0.4, -0.2) is 17.3 Å². The van der Waals surface area contributed by atoms with Crippen molar-refractivity contribution < 1.29 is 5.11 Å². The monoisotopic (exact) mass is 225 g/mol. The Morgan fingerprint density at radius 2 is 2.20 bits per heavy atom. The summed E-state index contributed by atoms with van der Waals surface area (Å²) in [6.07, 6.45) is 2.81. The highest BCUT2D eigenvalue weighted by Gasteiger charge is 2.24. The summed E-state index contributed by atoms with van der Waals surface area (Å²) in [5.74, 6) is 0. The van der Waals surface area contributed by atoms with Crippen molar-refractivity contribution in [3.8, 4) is 0 Å². The van der Waals surface area contributed by atoms with Crippen molar-refractivity contribution >= 4 is 17.3 Å². The van der Waals surface area contributed by atoms with Gasteiger partial charge in [-0.05, 0) is 43.9 Å². The van der Waals surface area contributed by atoms with E-state index in [1.54, 1.807) is 0 Å². The second kappa shape index (κ2) is 4.42. The highest BCUT2D eigenvalue weighted by atomic mass is 35.5. The van der Waals surface area contributed by atoms with E-state index in [-0.39, 0.29) is 12.1 Å². The van der Waals surface area contributed by atoms with Gasteiger partial charge < -0.3 is 10.4 Å². The Balaban J connectivity index is 2.07. The first kappa shape index (κ1) is 10.8. The van der Waals surface area contributed by atoms with Gasteiger partial charge in [0.15, 0.2) is 0 Å². The SMILES string of the molecule is Cc1ccc(N[C@H]2CCC[C@@H]2O)cc1Cl. The summed E-state index contributed by atoms with van der Waals surface area (Å²) in [5, 5.41) is 13.8. The fourth-order valence-electron chi connectivity index (χ4n) is 2.01. The molecule has 1 saturated carbocycles. The molecule has 15 heavy (non-hydrogen) atoms. The number of benzene rings is 1. The number of aryl methyl sites for hydroxylation is 1. The maximum atomic E-state index is 9.68. The van der Waals surface area contributed by atoms with Crippen LogP contribution in [0.25, 0.3) is 0 Å². The van der Waals surface area contributed by atoms with Gasteiger partial charge in [0.2, 0.25) is 0 Å². The second-order valence-electron chi connectivity index (χ2n) is 4.21. The molecule has 0 aromatic heterocycles. The summed E-state index contributed by atoms with van der Waals surface area (Å²) in [5.41, 5.74) is 2.07. The number of hydrogen-bond acceptors (Lipinski definition) is 2. The molecule has 0 amide bonds. The average molecular weight is 226 g/mol. The third-order valence-electron chi connectivity index (χ3n) is 3.00. The Kier molecular flexibility index (Phi) is 3.17. The second-order valence-corrected chi connectivity index (χ2v) is 4.62. The van der Waals surface area contributed by atoms with Gasteiger partial charge in [-0.2, -0.15) is 0 Å². The van der Waals surface area contributed by atoms with E-state index in [1.165, 1.54) is 0 Å². The van der Waals surface area contributed by atoms with Gasteiger partial charge in [0, 0.05) is 10.7 Å². The first-order chi connectivity index (χ1) is 7.16. The Labute approximate surface area is 95.3 Å². The van der Waals surface area contributed by atoms with E-state index in [9.17, 15) is 5.11 Å². The maximum Gasteiger partial charge on any atom is 0.0741 e. The molecule has 1 aliphatic rings. The van der Waals surface area contributed by atoms with Crippen LogP contribution in [0.3, 0.4) is 0 Å². The summed E-state index contributed by atoms with van der Waals surface area (Å²) in [4.78, 5) is 0. The van der Waals surface area contributed by atoms with Crippen molar-refractivity contribution in [2.45, 2.75) is 38.3 Å². The summed E-state index contributed by atoms with van der Waals surface area (Å²) in [7, 11) is 0. The van der Waals surface area contributed by atoms with Crippen molar-refractivity contribution in [2.75, 3.05) is 5.32 Å². The number of nitrogens with one attached hydrogen (secondary N) is 1. The maximum absolute atomic E-state index is 9.68. The van der Waals surface area contributed by atoms with Crippen LogP contribution < -0.4 is 5.32 Å². The lowest BCUT2D eigenvalue weighted by Gasteiger charge is -2.18. The number of rotatable bonds is 2. The van der Waals surface area contributed by atoms with Gasteiger partial charge in [0.25, 0.3) is 0 Å². The van der Waals surface area contributed by atoms with Crippen molar-refractivity contribution in [1.82, 2.24) is 0 Å². The molecule has 0 aliphatic heterocycles. The van der Waals surface area contributed by atoms with Crippen LogP contribution in [0.4, 0.5) is 5.69 Å². The van der Waals surface area contributed by atoms with Crippen LogP contribution in [0.1, 0.15) is 24.8 Å². The lowest BCUT2D eigenvalue weighted by atomic mass is 10.1. The third-order valence-corrected chi connectivity index (χ3v) is 3.41. The average Bonchev–Trinajstić information content (AvgIpc) is 2.59. The molecule has 0 heterocycles. The van der Waals surface area contributed by atoms with Crippen LogP contribution in [0.15, 0.2) is 18.2 Å². The van der Waals surface area contributed by atoms with E-state index in [0.29, 0.717) is 0 Å². The van der Waals surface area contributed by atoms with E-state index in [1.807, 2.05) is 25.1 Å². The van der Waals surface area contributed by atoms with Gasteiger partial charge in [0.05, 0.1) is 12.1 Å². The third kappa shape index (κ3) is 2.44. The summed E-state index contributed by atoms with van der Waals surface area (Å²) in [6, 6.07) is 6.10. The molecule has 2 N–H and O–H groups in total. The topological polar surface area (TPSA) is 32.3 Å². The molecule has 2 rings (SSSR count). The molecular weight excluding hydrogens is 210 g/mol. The predicted molar refractivity (Wildman–Crippen MR) is 63.5 cm³/mol. The molecule has 3 heteroatoms. The molecule has 2 atom stereocenters. The van der Waals surface area contributed by atoms with Crippen molar-refractivity contribution in [3.05, 3.63) is 28.8 Å². The molecule has 1 aromatic carbocycles. The standard InChI is InChI=1S/C12H16ClNO/c1-8-5-6-9(7-10(8)13)14-11-3-2-4-12(11)15/h5-7,11-12,14-15H,2-4H2,1H3/t11-,12-/m0/s1. The molecule has 1 aromatic rings. The molecule has 1 fully saturated rings. The predicted octanol–water partition coefficient (Wildman–Crippen LogP) is 2.97. The molecule has 82 valence electrons. The zero-order valence-corrected chi connectivity index (χ0v) is 9.59. The van der Waals surface area contributed by atoms with Gasteiger partial charge >= 0.3 is 0 Å². The molecule has 0 unspecified atom stereocenters. The van der Waals surface area contributed by atoms with Crippen molar-refractivity contribution in [1.29, 1.82) is 0 Å². The van der Waals surface area contributed by atoms with Gasteiger partial charge in [-0.1, -0.05) is 17.7 Å². The fraction of sp³-hybridized carbons (Fsp3) is 0.500. The number of halogens is 1. The van der Waals surface area contributed by atoms with Crippen LogP contribution in [0, 0.1) is 6.92 Å². The minimum atomic E-state index is -0.218. The first-order valence-electron chi connectivity index (χ1n) is 5.37. The first-order valence-corrected chi connectivity index (χ1v) is 5.75. The molecule has 1 aliphatic carbocycles. The number of anilines is 1. The van der Waals surface area contributed by atoms with E-state index in [4.69, 9.17) is 11.6 Å². The van der Waals surface area contributed by atoms with Crippen LogP contribution in [0.5, 0.6) is 0 Å². The summed E-state index contributed by atoms with van der Waals surface area (Å²) < 4.78 is 0. The Bertz CT molecular complexity index is 353. The normalized spacial score (nSPS) is 25.5. The van der Waals surface area contributed by atoms with Crippen LogP contribution in [-0.2, 0) is 0 Å². The Morgan fingerprint density at radius 3 is 2.80 bits per heavy atom. The molecule has 0 saturated heterocycles. The molecule has 0 spiro atoms. The number of aliphatic hydroxyl groups is 1. The largest absolute Gasteiger partial charge is 0.391 e. The zero-order valence-electron chi connectivity index (χ0n) is 8.83. The lowest BCUT2D eigenvalue weighted by Crippen LogP contribution is -2.27. The minimum Gasteiger partial charge on any atom is -0.391 e. The van der Waals surface area contributed by atoms with Crippen molar-refractivity contribution in [3.63, 3.8) is 0 Å². The Hall–Kier alpha value is -0.730. The molecular formula is C12H16ClNO. The van der Waals surface area contributed by atoms with Gasteiger partial charge in [-0.15, -0.1) is 0 Å². The summed E-state index contributed by atoms with van der Waals surface area (Å²) >= 11 is 6.03. The smallest absolute Gasteiger partial charge is 0.0741 e. The van der Waals surface area contributed by atoms with Crippen LogP contribution >= 0.6 is 11.6 Å². The molecule has 0 radical (unpaired) electrons. The van der Waals surface area contributed by atoms with E-state index in [0.717, 1.165) is 35.5 Å². The minimum absolute atomic E-state index is 0.184. The van der Waals surface area contributed by atoms with Gasteiger partial charge in [-0.3, -0.25) is 0 Å². The van der Waals surface area contributed by atoms with E-state index >= 15 is 0 Å². The highest BCUT2D eigenvalue weighted by Crippen LogP contribution is 2.25. The molecule has 2 nitrogen and oxygen atoms in total. The number of hydrogen-bond donors (Lipinski definition) is 2. The highest BCUT2D eigenvalue weighted by molar-refractivity contribution is 6.31. The van der Waals surface area contributed by atoms with Gasteiger partial charge in [-0.25, -0.2) is 0 Å².